The Morgan fingerprint density at radius 2 is 2.22 bits per heavy atom. The van der Waals surface area contributed by atoms with Gasteiger partial charge >= 0.3 is 0 Å². The predicted molar refractivity (Wildman–Crippen MR) is 65.5 cm³/mol. The fraction of sp³-hybridized carbons (Fsp3) is 0.667. The van der Waals surface area contributed by atoms with E-state index in [4.69, 9.17) is 14.4 Å². The summed E-state index contributed by atoms with van der Waals surface area (Å²) in [5.41, 5.74) is 0.991. The average molecular weight is 256 g/mol. The predicted octanol–water partition coefficient (Wildman–Crippen LogP) is 0.844. The number of aromatic nitrogens is 1. The molecule has 0 aliphatic carbocycles. The summed E-state index contributed by atoms with van der Waals surface area (Å²) in [5, 5.41) is 15.6. The van der Waals surface area contributed by atoms with Crippen molar-refractivity contribution in [2.75, 3.05) is 20.3 Å². The Balaban J connectivity index is 2.86. The zero-order chi connectivity index (χ0) is 13.7. The molecule has 18 heavy (non-hydrogen) atoms. The molecule has 0 spiro atoms. The third-order valence-electron chi connectivity index (χ3n) is 2.56. The van der Waals surface area contributed by atoms with E-state index >= 15 is 0 Å². The van der Waals surface area contributed by atoms with E-state index in [0.717, 1.165) is 0 Å². The summed E-state index contributed by atoms with van der Waals surface area (Å²) < 4.78 is 10.1. The molecule has 0 radical (unpaired) electrons. The molecule has 1 heterocycles. The number of amides is 1. The van der Waals surface area contributed by atoms with Gasteiger partial charge in [0.05, 0.1) is 24.9 Å². The van der Waals surface area contributed by atoms with Crippen LogP contribution < -0.4 is 5.32 Å². The Hall–Kier alpha value is -1.40. The molecule has 0 fully saturated rings. The second-order valence-electron chi connectivity index (χ2n) is 4.47. The van der Waals surface area contributed by atoms with Crippen LogP contribution in [0.25, 0.3) is 0 Å². The molecule has 6 nitrogen and oxygen atoms in total. The van der Waals surface area contributed by atoms with Crippen LogP contribution in [0.3, 0.4) is 0 Å². The van der Waals surface area contributed by atoms with Crippen molar-refractivity contribution in [2.24, 2.45) is 0 Å². The normalized spacial score (nSPS) is 12.8. The quantitative estimate of drug-likeness (QED) is 0.788. The highest BCUT2D eigenvalue weighted by Gasteiger charge is 2.24. The van der Waals surface area contributed by atoms with Gasteiger partial charge in [-0.1, -0.05) is 19.0 Å². The van der Waals surface area contributed by atoms with E-state index < -0.39 is 6.04 Å². The zero-order valence-electron chi connectivity index (χ0n) is 11.2. The summed E-state index contributed by atoms with van der Waals surface area (Å²) >= 11 is 0. The SMILES string of the molecule is COCC(CO)NC(=O)c1c(C)noc1C(C)C. The summed E-state index contributed by atoms with van der Waals surface area (Å²) in [7, 11) is 1.51. The van der Waals surface area contributed by atoms with Gasteiger partial charge in [-0.05, 0) is 6.92 Å². The number of aryl methyl sites for hydroxylation is 1. The fourth-order valence-corrected chi connectivity index (χ4v) is 1.66. The molecule has 1 unspecified atom stereocenters. The molecule has 0 bridgehead atoms. The number of hydrogen-bond donors (Lipinski definition) is 2. The first-order chi connectivity index (χ1) is 8.51. The first-order valence-corrected chi connectivity index (χ1v) is 5.88. The van der Waals surface area contributed by atoms with E-state index in [9.17, 15) is 4.79 Å². The van der Waals surface area contributed by atoms with E-state index in [1.165, 1.54) is 7.11 Å². The number of carbonyl (C=O) groups excluding carboxylic acids is 1. The number of nitrogens with one attached hydrogen (secondary N) is 1. The van der Waals surface area contributed by atoms with Crippen molar-refractivity contribution >= 4 is 5.91 Å². The molecular formula is C12H20N2O4. The molecule has 0 aromatic carbocycles. The minimum Gasteiger partial charge on any atom is -0.394 e. The van der Waals surface area contributed by atoms with Gasteiger partial charge in [0.2, 0.25) is 0 Å². The van der Waals surface area contributed by atoms with Gasteiger partial charge in [0.25, 0.3) is 5.91 Å². The molecule has 0 saturated carbocycles. The molecule has 0 aliphatic rings. The van der Waals surface area contributed by atoms with Crippen LogP contribution in [0.5, 0.6) is 0 Å². The van der Waals surface area contributed by atoms with E-state index in [-0.39, 0.29) is 25.0 Å². The van der Waals surface area contributed by atoms with Crippen molar-refractivity contribution < 1.29 is 19.2 Å². The maximum absolute atomic E-state index is 12.1. The van der Waals surface area contributed by atoms with Crippen LogP contribution in [0.1, 0.15) is 41.6 Å². The Morgan fingerprint density at radius 1 is 1.56 bits per heavy atom. The second-order valence-corrected chi connectivity index (χ2v) is 4.47. The number of aliphatic hydroxyl groups excluding tert-OH is 1. The summed E-state index contributed by atoms with van der Waals surface area (Å²) in [5.74, 6) is 0.328. The van der Waals surface area contributed by atoms with Gasteiger partial charge in [-0.15, -0.1) is 0 Å². The third-order valence-corrected chi connectivity index (χ3v) is 2.56. The lowest BCUT2D eigenvalue weighted by Crippen LogP contribution is -2.41. The number of methoxy groups -OCH3 is 1. The Bertz CT molecular complexity index is 401. The molecule has 6 heteroatoms. The monoisotopic (exact) mass is 256 g/mol. The van der Waals surface area contributed by atoms with Crippen molar-refractivity contribution in [3.05, 3.63) is 17.0 Å². The van der Waals surface area contributed by atoms with Crippen molar-refractivity contribution in [1.29, 1.82) is 0 Å². The van der Waals surface area contributed by atoms with Gasteiger partial charge < -0.3 is 19.7 Å². The van der Waals surface area contributed by atoms with Gasteiger partial charge in [-0.25, -0.2) is 0 Å². The minimum atomic E-state index is -0.434. The largest absolute Gasteiger partial charge is 0.394 e. The molecule has 1 atom stereocenters. The Morgan fingerprint density at radius 3 is 2.72 bits per heavy atom. The standard InChI is InChI=1S/C12H20N2O4/c1-7(2)11-10(8(3)14-18-11)12(16)13-9(5-15)6-17-4/h7,9,15H,5-6H2,1-4H3,(H,13,16). The zero-order valence-corrected chi connectivity index (χ0v) is 11.2. The van der Waals surface area contributed by atoms with E-state index in [2.05, 4.69) is 10.5 Å². The van der Waals surface area contributed by atoms with E-state index in [1.54, 1.807) is 6.92 Å². The van der Waals surface area contributed by atoms with Gasteiger partial charge in [0.1, 0.15) is 5.56 Å². The molecule has 1 amide bonds. The molecule has 0 saturated heterocycles. The first kappa shape index (κ1) is 14.7. The van der Waals surface area contributed by atoms with Gasteiger partial charge in [0, 0.05) is 13.0 Å². The number of ether oxygens (including phenoxy) is 1. The molecule has 1 rings (SSSR count). The average Bonchev–Trinajstić information content (AvgIpc) is 2.70. The lowest BCUT2D eigenvalue weighted by atomic mass is 10.0. The van der Waals surface area contributed by atoms with Crippen LogP contribution in [0, 0.1) is 6.92 Å². The summed E-state index contributed by atoms with van der Waals surface area (Å²) in [6, 6.07) is -0.434. The summed E-state index contributed by atoms with van der Waals surface area (Å²) in [6.45, 7) is 5.64. The summed E-state index contributed by atoms with van der Waals surface area (Å²) in [4.78, 5) is 12.1. The number of rotatable bonds is 6. The highest BCUT2D eigenvalue weighted by Crippen LogP contribution is 2.22. The van der Waals surface area contributed by atoms with Crippen LogP contribution in [0.4, 0.5) is 0 Å². The second kappa shape index (κ2) is 6.51. The highest BCUT2D eigenvalue weighted by molar-refractivity contribution is 5.96. The van der Waals surface area contributed by atoms with Crippen LogP contribution in [-0.2, 0) is 4.74 Å². The molecular weight excluding hydrogens is 236 g/mol. The van der Waals surface area contributed by atoms with Crippen LogP contribution >= 0.6 is 0 Å². The smallest absolute Gasteiger partial charge is 0.257 e. The highest BCUT2D eigenvalue weighted by atomic mass is 16.5. The van der Waals surface area contributed by atoms with Crippen LogP contribution in [0.15, 0.2) is 4.52 Å². The van der Waals surface area contributed by atoms with Crippen molar-refractivity contribution in [3.8, 4) is 0 Å². The molecule has 2 N–H and O–H groups in total. The van der Waals surface area contributed by atoms with E-state index in [1.807, 2.05) is 13.8 Å². The van der Waals surface area contributed by atoms with E-state index in [0.29, 0.717) is 17.0 Å². The van der Waals surface area contributed by atoms with Gasteiger partial charge in [-0.2, -0.15) is 0 Å². The molecule has 1 aromatic rings. The summed E-state index contributed by atoms with van der Waals surface area (Å²) in [6.07, 6.45) is 0. The Kier molecular flexibility index (Phi) is 5.30. The first-order valence-electron chi connectivity index (χ1n) is 5.88. The molecule has 0 aliphatic heterocycles. The van der Waals surface area contributed by atoms with Crippen molar-refractivity contribution in [1.82, 2.24) is 10.5 Å². The van der Waals surface area contributed by atoms with Crippen LogP contribution in [-0.4, -0.2) is 42.5 Å². The number of carbonyl (C=O) groups is 1. The van der Waals surface area contributed by atoms with Crippen molar-refractivity contribution in [3.63, 3.8) is 0 Å². The number of hydrogen-bond acceptors (Lipinski definition) is 5. The topological polar surface area (TPSA) is 84.6 Å². The lowest BCUT2D eigenvalue weighted by molar-refractivity contribution is 0.0837. The Labute approximate surface area is 106 Å². The maximum Gasteiger partial charge on any atom is 0.257 e. The molecule has 1 aromatic heterocycles. The number of nitrogens with zero attached hydrogens (tertiary/aromatic N) is 1. The van der Waals surface area contributed by atoms with Crippen molar-refractivity contribution in [2.45, 2.75) is 32.7 Å². The van der Waals surface area contributed by atoms with Crippen LogP contribution in [0.2, 0.25) is 0 Å². The molecule has 102 valence electrons. The van der Waals surface area contributed by atoms with Gasteiger partial charge in [0.15, 0.2) is 5.76 Å². The lowest BCUT2D eigenvalue weighted by Gasteiger charge is -2.15. The minimum absolute atomic E-state index is 0.0713. The number of aliphatic hydroxyl groups is 1. The maximum atomic E-state index is 12.1. The third kappa shape index (κ3) is 3.30. The fourth-order valence-electron chi connectivity index (χ4n) is 1.66. The van der Waals surface area contributed by atoms with Gasteiger partial charge in [-0.3, -0.25) is 4.79 Å².